The molecule has 2 aliphatic rings. The molecule has 188 valence electrons. The number of aliphatic imine (C=N–C) groups is 1. The highest BCUT2D eigenvalue weighted by molar-refractivity contribution is 6.23. The lowest BCUT2D eigenvalue weighted by molar-refractivity contribution is -0.138. The topological polar surface area (TPSA) is 132 Å². The summed E-state index contributed by atoms with van der Waals surface area (Å²) in [4.78, 5) is 40.7. The zero-order valence-corrected chi connectivity index (χ0v) is 20.9. The van der Waals surface area contributed by atoms with E-state index in [1.165, 1.54) is 0 Å². The van der Waals surface area contributed by atoms with Gasteiger partial charge in [0.05, 0.1) is 13.0 Å². The van der Waals surface area contributed by atoms with Gasteiger partial charge in [0.25, 0.3) is 0 Å². The molecule has 0 aromatic rings. The summed E-state index contributed by atoms with van der Waals surface area (Å²) in [7, 11) is 1.71. The Kier molecular flexibility index (Phi) is 11.5. The molecule has 11 heteroatoms. The van der Waals surface area contributed by atoms with Gasteiger partial charge in [0.1, 0.15) is 0 Å². The Labute approximate surface area is 205 Å². The van der Waals surface area contributed by atoms with Crippen LogP contribution in [-0.2, 0) is 14.4 Å². The number of carboxylic acids is 1. The average molecular weight is 506 g/mol. The number of carbonyl (C=O) groups is 3. The van der Waals surface area contributed by atoms with Crippen LogP contribution in [0.3, 0.4) is 0 Å². The Balaban J connectivity index is 1.84. The minimum Gasteiger partial charge on any atom is -0.481 e. The number of hydrogen-bond donors (Lipinski definition) is 5. The minimum atomic E-state index is -1.000. The Morgan fingerprint density at radius 2 is 1.76 bits per heavy atom. The Morgan fingerprint density at radius 3 is 2.36 bits per heavy atom. The summed E-state index contributed by atoms with van der Waals surface area (Å²) < 4.78 is 0. The van der Waals surface area contributed by atoms with Crippen LogP contribution < -0.4 is 21.3 Å². The zero-order valence-electron chi connectivity index (χ0n) is 19.4. The second-order valence-electron chi connectivity index (χ2n) is 8.96. The van der Waals surface area contributed by atoms with Crippen LogP contribution in [0.2, 0.25) is 0 Å². The van der Waals surface area contributed by atoms with Gasteiger partial charge in [-0.05, 0) is 51.4 Å². The average Bonchev–Trinajstić information content (AvgIpc) is 2.76. The SMILES string of the molecule is CCNC(=NC)NC1CCCC(C(=O)NCC(=O)NC(CC(=O)O)C2CC(Cl)CC(Cl)C2)C1. The van der Waals surface area contributed by atoms with E-state index in [4.69, 9.17) is 23.2 Å². The summed E-state index contributed by atoms with van der Waals surface area (Å²) in [5, 5.41) is 21.0. The first kappa shape index (κ1) is 27.5. The van der Waals surface area contributed by atoms with Gasteiger partial charge in [0.2, 0.25) is 11.8 Å². The van der Waals surface area contributed by atoms with Gasteiger partial charge in [-0.25, -0.2) is 0 Å². The van der Waals surface area contributed by atoms with E-state index in [0.717, 1.165) is 25.8 Å². The number of carboxylic acid groups (broad SMARTS) is 1. The summed E-state index contributed by atoms with van der Waals surface area (Å²) in [6.07, 6.45) is 4.95. The third-order valence-electron chi connectivity index (χ3n) is 6.32. The van der Waals surface area contributed by atoms with E-state index in [2.05, 4.69) is 26.3 Å². The highest BCUT2D eigenvalue weighted by Crippen LogP contribution is 2.34. The largest absolute Gasteiger partial charge is 0.481 e. The number of carbonyl (C=O) groups excluding carboxylic acids is 2. The molecule has 9 nitrogen and oxygen atoms in total. The normalized spacial score (nSPS) is 29.0. The standard InChI is InChI=1S/C22H37Cl2N5O4/c1-3-26-22(25-2)28-17-6-4-5-13(9-17)21(33)27-12-19(30)29-18(11-20(31)32)14-7-15(23)10-16(24)8-14/h13-18H,3-12H2,1-2H3,(H,27,33)(H,29,30)(H,31,32)(H2,25,26,28). The van der Waals surface area contributed by atoms with Crippen LogP contribution in [-0.4, -0.2) is 71.8 Å². The van der Waals surface area contributed by atoms with Crippen molar-refractivity contribution in [2.75, 3.05) is 20.1 Å². The fourth-order valence-electron chi connectivity index (χ4n) is 4.76. The van der Waals surface area contributed by atoms with E-state index in [1.807, 2.05) is 6.92 Å². The number of nitrogens with one attached hydrogen (secondary N) is 4. The predicted molar refractivity (Wildman–Crippen MR) is 130 cm³/mol. The maximum atomic E-state index is 12.7. The highest BCUT2D eigenvalue weighted by atomic mass is 35.5. The zero-order chi connectivity index (χ0) is 24.4. The molecular weight excluding hydrogens is 469 g/mol. The van der Waals surface area contributed by atoms with E-state index in [1.54, 1.807) is 7.05 Å². The van der Waals surface area contributed by atoms with Crippen molar-refractivity contribution in [1.82, 2.24) is 21.3 Å². The summed E-state index contributed by atoms with van der Waals surface area (Å²) in [5.41, 5.74) is 0. The summed E-state index contributed by atoms with van der Waals surface area (Å²) >= 11 is 12.5. The minimum absolute atomic E-state index is 0.115. The molecule has 33 heavy (non-hydrogen) atoms. The van der Waals surface area contributed by atoms with Gasteiger partial charge in [-0.1, -0.05) is 6.42 Å². The van der Waals surface area contributed by atoms with Gasteiger partial charge in [-0.3, -0.25) is 19.4 Å². The molecule has 2 fully saturated rings. The molecule has 2 saturated carbocycles. The molecule has 5 atom stereocenters. The second kappa shape index (κ2) is 13.8. The first-order valence-corrected chi connectivity index (χ1v) is 12.6. The summed E-state index contributed by atoms with van der Waals surface area (Å²) in [6.45, 7) is 2.56. The third kappa shape index (κ3) is 9.57. The number of amides is 2. The van der Waals surface area contributed by atoms with Crippen molar-refractivity contribution in [1.29, 1.82) is 0 Å². The maximum Gasteiger partial charge on any atom is 0.305 e. The van der Waals surface area contributed by atoms with Crippen LogP contribution in [0.25, 0.3) is 0 Å². The molecule has 0 heterocycles. The smallest absolute Gasteiger partial charge is 0.305 e. The van der Waals surface area contributed by atoms with Crippen molar-refractivity contribution in [3.8, 4) is 0 Å². The fraction of sp³-hybridized carbons (Fsp3) is 0.818. The lowest BCUT2D eigenvalue weighted by Gasteiger charge is -2.34. The van der Waals surface area contributed by atoms with Gasteiger partial charge >= 0.3 is 5.97 Å². The third-order valence-corrected chi connectivity index (χ3v) is 7.03. The van der Waals surface area contributed by atoms with Crippen molar-refractivity contribution in [2.24, 2.45) is 16.8 Å². The van der Waals surface area contributed by atoms with Gasteiger partial charge in [-0.15, -0.1) is 23.2 Å². The quantitative estimate of drug-likeness (QED) is 0.184. The first-order valence-electron chi connectivity index (χ1n) is 11.8. The van der Waals surface area contributed by atoms with E-state index in [-0.39, 0.29) is 47.5 Å². The molecule has 0 bridgehead atoms. The van der Waals surface area contributed by atoms with Gasteiger partial charge in [-0.2, -0.15) is 0 Å². The molecule has 0 spiro atoms. The number of guanidine groups is 1. The molecule has 2 aliphatic carbocycles. The fourth-order valence-corrected chi connectivity index (χ4v) is 5.74. The van der Waals surface area contributed by atoms with E-state index < -0.39 is 17.9 Å². The van der Waals surface area contributed by atoms with E-state index in [9.17, 15) is 19.5 Å². The molecule has 2 rings (SSSR count). The van der Waals surface area contributed by atoms with Crippen LogP contribution in [0.5, 0.6) is 0 Å². The van der Waals surface area contributed by atoms with Crippen LogP contribution in [0, 0.1) is 11.8 Å². The molecular formula is C22H37Cl2N5O4. The second-order valence-corrected chi connectivity index (χ2v) is 10.2. The number of hydrogen-bond acceptors (Lipinski definition) is 4. The maximum absolute atomic E-state index is 12.7. The van der Waals surface area contributed by atoms with Gasteiger partial charge in [0.15, 0.2) is 5.96 Å². The molecule has 0 aromatic heterocycles. The van der Waals surface area contributed by atoms with Crippen LogP contribution in [0.4, 0.5) is 0 Å². The van der Waals surface area contributed by atoms with Crippen molar-refractivity contribution in [3.05, 3.63) is 0 Å². The van der Waals surface area contributed by atoms with Crippen LogP contribution >= 0.6 is 23.2 Å². The molecule has 0 aromatic carbocycles. The molecule has 0 aliphatic heterocycles. The van der Waals surface area contributed by atoms with Crippen LogP contribution in [0.15, 0.2) is 4.99 Å². The Bertz CT molecular complexity index is 698. The Hall–Kier alpha value is -1.74. The van der Waals surface area contributed by atoms with Crippen molar-refractivity contribution in [2.45, 2.75) is 81.1 Å². The van der Waals surface area contributed by atoms with Gasteiger partial charge in [0, 0.05) is 42.3 Å². The number of alkyl halides is 2. The summed E-state index contributed by atoms with van der Waals surface area (Å²) in [5.74, 6) is -1.16. The molecule has 2 amide bonds. The summed E-state index contributed by atoms with van der Waals surface area (Å²) in [6, 6.07) is -0.435. The van der Waals surface area contributed by atoms with Gasteiger partial charge < -0.3 is 26.4 Å². The number of nitrogens with zero attached hydrogens (tertiary/aromatic N) is 1. The monoisotopic (exact) mass is 505 g/mol. The first-order chi connectivity index (χ1) is 15.7. The molecule has 5 N–H and O–H groups in total. The molecule has 5 unspecified atom stereocenters. The number of aliphatic carboxylic acids is 1. The predicted octanol–water partition coefficient (Wildman–Crippen LogP) is 1.82. The van der Waals surface area contributed by atoms with Crippen LogP contribution in [0.1, 0.15) is 58.3 Å². The number of rotatable bonds is 9. The van der Waals surface area contributed by atoms with Crippen molar-refractivity contribution >= 4 is 46.9 Å². The van der Waals surface area contributed by atoms with Crippen molar-refractivity contribution in [3.63, 3.8) is 0 Å². The van der Waals surface area contributed by atoms with E-state index >= 15 is 0 Å². The lowest BCUT2D eigenvalue weighted by atomic mass is 9.82. The van der Waals surface area contributed by atoms with E-state index in [0.29, 0.717) is 31.6 Å². The Morgan fingerprint density at radius 1 is 1.06 bits per heavy atom. The lowest BCUT2D eigenvalue weighted by Crippen LogP contribution is -2.49. The number of halogens is 2. The molecule has 0 radical (unpaired) electrons. The molecule has 0 saturated heterocycles. The van der Waals surface area contributed by atoms with Crippen molar-refractivity contribution < 1.29 is 19.5 Å². The highest BCUT2D eigenvalue weighted by Gasteiger charge is 2.34.